The topological polar surface area (TPSA) is 56.8 Å². The van der Waals surface area contributed by atoms with Crippen LogP contribution in [0.5, 0.6) is 17.2 Å². The molecule has 1 amide bonds. The lowest BCUT2D eigenvalue weighted by Crippen LogP contribution is -2.36. The zero-order valence-electron chi connectivity index (χ0n) is 13.3. The molecule has 1 heterocycles. The van der Waals surface area contributed by atoms with E-state index in [2.05, 4.69) is 5.32 Å². The van der Waals surface area contributed by atoms with Gasteiger partial charge in [0.1, 0.15) is 19.0 Å². The predicted octanol–water partition coefficient (Wildman–Crippen LogP) is 3.19. The van der Waals surface area contributed by atoms with Gasteiger partial charge in [-0.2, -0.15) is 0 Å². The Hall–Kier alpha value is -2.40. The zero-order chi connectivity index (χ0) is 16.9. The molecule has 1 aliphatic rings. The van der Waals surface area contributed by atoms with Gasteiger partial charge in [0.2, 0.25) is 0 Å². The first kappa shape index (κ1) is 16.5. The summed E-state index contributed by atoms with van der Waals surface area (Å²) in [6.45, 7) is 3.15. The number of hydrogen-bond donors (Lipinski definition) is 1. The number of para-hydroxylation sites is 1. The molecule has 0 aliphatic carbocycles. The summed E-state index contributed by atoms with van der Waals surface area (Å²) >= 11 is 6.03. The monoisotopic (exact) mass is 347 g/mol. The normalized spacial score (nSPS) is 13.9. The molecule has 0 saturated heterocycles. The maximum Gasteiger partial charge on any atom is 0.261 e. The SMILES string of the molecule is CC(Oc1ccccc1Cl)C(=O)NCc1ccc2c(c1)OCCO2. The van der Waals surface area contributed by atoms with Crippen molar-refractivity contribution in [1.82, 2.24) is 5.32 Å². The second kappa shape index (κ2) is 7.45. The van der Waals surface area contributed by atoms with Crippen LogP contribution in [-0.4, -0.2) is 25.2 Å². The van der Waals surface area contributed by atoms with Gasteiger partial charge in [-0.25, -0.2) is 0 Å². The van der Waals surface area contributed by atoms with E-state index >= 15 is 0 Å². The standard InChI is InChI=1S/C18H18ClNO4/c1-12(24-15-5-3-2-4-14(15)19)18(21)20-11-13-6-7-16-17(10-13)23-9-8-22-16/h2-7,10,12H,8-9,11H2,1H3,(H,20,21). The van der Waals surface area contributed by atoms with E-state index in [0.717, 1.165) is 11.3 Å². The highest BCUT2D eigenvalue weighted by Crippen LogP contribution is 2.30. The molecule has 24 heavy (non-hydrogen) atoms. The minimum atomic E-state index is -0.651. The molecule has 0 saturated carbocycles. The van der Waals surface area contributed by atoms with Crippen LogP contribution in [0.25, 0.3) is 0 Å². The van der Waals surface area contributed by atoms with Crippen LogP contribution < -0.4 is 19.5 Å². The first-order valence-electron chi connectivity index (χ1n) is 7.71. The number of amides is 1. The first-order valence-corrected chi connectivity index (χ1v) is 8.09. The molecule has 2 aromatic rings. The molecule has 126 valence electrons. The molecular formula is C18H18ClNO4. The number of nitrogens with one attached hydrogen (secondary N) is 1. The van der Waals surface area contributed by atoms with Gasteiger partial charge in [-0.3, -0.25) is 4.79 Å². The number of fused-ring (bicyclic) bond motifs is 1. The van der Waals surface area contributed by atoms with E-state index in [0.29, 0.717) is 36.3 Å². The van der Waals surface area contributed by atoms with Crippen LogP contribution >= 0.6 is 11.6 Å². The third kappa shape index (κ3) is 3.92. The van der Waals surface area contributed by atoms with Crippen LogP contribution in [0, 0.1) is 0 Å². The number of carbonyl (C=O) groups excluding carboxylic acids is 1. The average molecular weight is 348 g/mol. The van der Waals surface area contributed by atoms with E-state index in [1.54, 1.807) is 25.1 Å². The molecule has 0 spiro atoms. The Morgan fingerprint density at radius 1 is 1.21 bits per heavy atom. The maximum absolute atomic E-state index is 12.2. The quantitative estimate of drug-likeness (QED) is 0.902. The Balaban J connectivity index is 1.56. The number of rotatable bonds is 5. The van der Waals surface area contributed by atoms with E-state index in [4.69, 9.17) is 25.8 Å². The van der Waals surface area contributed by atoms with Crippen molar-refractivity contribution in [2.24, 2.45) is 0 Å². The van der Waals surface area contributed by atoms with Crippen LogP contribution in [0.3, 0.4) is 0 Å². The van der Waals surface area contributed by atoms with E-state index in [9.17, 15) is 4.79 Å². The summed E-state index contributed by atoms with van der Waals surface area (Å²) in [4.78, 5) is 12.2. The van der Waals surface area contributed by atoms with Crippen molar-refractivity contribution in [2.45, 2.75) is 19.6 Å². The van der Waals surface area contributed by atoms with Crippen molar-refractivity contribution in [3.63, 3.8) is 0 Å². The minimum absolute atomic E-state index is 0.218. The van der Waals surface area contributed by atoms with Crippen molar-refractivity contribution in [3.05, 3.63) is 53.1 Å². The molecule has 1 N–H and O–H groups in total. The van der Waals surface area contributed by atoms with Crippen molar-refractivity contribution in [3.8, 4) is 17.2 Å². The largest absolute Gasteiger partial charge is 0.486 e. The molecule has 0 radical (unpaired) electrons. The van der Waals surface area contributed by atoms with Crippen LogP contribution in [0.15, 0.2) is 42.5 Å². The fraction of sp³-hybridized carbons (Fsp3) is 0.278. The van der Waals surface area contributed by atoms with Gasteiger partial charge in [0.25, 0.3) is 5.91 Å². The Labute approximate surface area is 145 Å². The summed E-state index contributed by atoms with van der Waals surface area (Å²) in [5.41, 5.74) is 0.928. The Morgan fingerprint density at radius 2 is 1.96 bits per heavy atom. The average Bonchev–Trinajstić information content (AvgIpc) is 2.61. The highest BCUT2D eigenvalue weighted by Gasteiger charge is 2.16. The van der Waals surface area contributed by atoms with E-state index in [1.165, 1.54) is 0 Å². The molecule has 0 bridgehead atoms. The Morgan fingerprint density at radius 3 is 2.75 bits per heavy atom. The van der Waals surface area contributed by atoms with Crippen LogP contribution in [0.1, 0.15) is 12.5 Å². The van der Waals surface area contributed by atoms with Gasteiger partial charge in [-0.1, -0.05) is 29.8 Å². The number of halogens is 1. The number of carbonyl (C=O) groups is 1. The van der Waals surface area contributed by atoms with Crippen molar-refractivity contribution in [1.29, 1.82) is 0 Å². The van der Waals surface area contributed by atoms with Crippen molar-refractivity contribution < 1.29 is 19.0 Å². The molecule has 5 nitrogen and oxygen atoms in total. The van der Waals surface area contributed by atoms with Gasteiger partial charge in [-0.05, 0) is 36.8 Å². The highest BCUT2D eigenvalue weighted by atomic mass is 35.5. The fourth-order valence-electron chi connectivity index (χ4n) is 2.31. The smallest absolute Gasteiger partial charge is 0.261 e. The molecule has 1 unspecified atom stereocenters. The van der Waals surface area contributed by atoms with Crippen LogP contribution in [0.2, 0.25) is 5.02 Å². The molecular weight excluding hydrogens is 330 g/mol. The maximum atomic E-state index is 12.2. The summed E-state index contributed by atoms with van der Waals surface area (Å²) in [5.74, 6) is 1.70. The van der Waals surface area contributed by atoms with Crippen molar-refractivity contribution in [2.75, 3.05) is 13.2 Å². The zero-order valence-corrected chi connectivity index (χ0v) is 14.0. The Kier molecular flexibility index (Phi) is 5.11. The summed E-state index contributed by atoms with van der Waals surface area (Å²) in [6.07, 6.45) is -0.651. The summed E-state index contributed by atoms with van der Waals surface area (Å²) in [6, 6.07) is 12.7. The molecule has 0 aromatic heterocycles. The Bertz CT molecular complexity index is 735. The molecule has 1 aliphatic heterocycles. The molecule has 3 rings (SSSR count). The number of ether oxygens (including phenoxy) is 3. The highest BCUT2D eigenvalue weighted by molar-refractivity contribution is 6.32. The predicted molar refractivity (Wildman–Crippen MR) is 90.8 cm³/mol. The molecule has 6 heteroatoms. The molecule has 1 atom stereocenters. The summed E-state index contributed by atoms with van der Waals surface area (Å²) in [5, 5.41) is 3.32. The van der Waals surface area contributed by atoms with E-state index in [1.807, 2.05) is 24.3 Å². The second-order valence-corrected chi connectivity index (χ2v) is 5.79. The lowest BCUT2D eigenvalue weighted by Gasteiger charge is -2.19. The summed E-state index contributed by atoms with van der Waals surface area (Å²) < 4.78 is 16.6. The number of hydrogen-bond acceptors (Lipinski definition) is 4. The van der Waals surface area contributed by atoms with E-state index in [-0.39, 0.29) is 5.91 Å². The summed E-state index contributed by atoms with van der Waals surface area (Å²) in [7, 11) is 0. The van der Waals surface area contributed by atoms with Crippen LogP contribution in [0.4, 0.5) is 0 Å². The van der Waals surface area contributed by atoms with Gasteiger partial charge in [0, 0.05) is 6.54 Å². The van der Waals surface area contributed by atoms with Gasteiger partial charge < -0.3 is 19.5 Å². The minimum Gasteiger partial charge on any atom is -0.486 e. The molecule has 2 aromatic carbocycles. The lowest BCUT2D eigenvalue weighted by molar-refractivity contribution is -0.127. The van der Waals surface area contributed by atoms with Gasteiger partial charge in [-0.15, -0.1) is 0 Å². The van der Waals surface area contributed by atoms with E-state index < -0.39 is 6.10 Å². The third-order valence-electron chi connectivity index (χ3n) is 3.58. The second-order valence-electron chi connectivity index (χ2n) is 5.39. The van der Waals surface area contributed by atoms with Gasteiger partial charge in [0.05, 0.1) is 5.02 Å². The van der Waals surface area contributed by atoms with Gasteiger partial charge >= 0.3 is 0 Å². The number of benzene rings is 2. The fourth-order valence-corrected chi connectivity index (χ4v) is 2.50. The molecule has 0 fully saturated rings. The van der Waals surface area contributed by atoms with Gasteiger partial charge in [0.15, 0.2) is 17.6 Å². The lowest BCUT2D eigenvalue weighted by atomic mass is 10.2. The van der Waals surface area contributed by atoms with Crippen LogP contribution in [-0.2, 0) is 11.3 Å². The first-order chi connectivity index (χ1) is 11.6. The van der Waals surface area contributed by atoms with Crippen molar-refractivity contribution >= 4 is 17.5 Å². The third-order valence-corrected chi connectivity index (χ3v) is 3.90.